The molecule has 18 heavy (non-hydrogen) atoms. The van der Waals surface area contributed by atoms with Crippen molar-refractivity contribution in [1.29, 1.82) is 0 Å². The van der Waals surface area contributed by atoms with Crippen LogP contribution in [-0.2, 0) is 6.54 Å². The smallest absolute Gasteiger partial charge is 0.162 e. The van der Waals surface area contributed by atoms with Gasteiger partial charge in [-0.3, -0.25) is 4.90 Å². The molecule has 1 aliphatic heterocycles. The van der Waals surface area contributed by atoms with E-state index in [-0.39, 0.29) is 0 Å². The van der Waals surface area contributed by atoms with Gasteiger partial charge >= 0.3 is 0 Å². The fourth-order valence-electron chi connectivity index (χ4n) is 2.10. The van der Waals surface area contributed by atoms with Crippen LogP contribution in [0.2, 0.25) is 0 Å². The van der Waals surface area contributed by atoms with Gasteiger partial charge in [0.1, 0.15) is 0 Å². The molecule has 0 unspecified atom stereocenters. The first-order valence-corrected chi connectivity index (χ1v) is 6.67. The molecule has 2 atom stereocenters. The summed E-state index contributed by atoms with van der Waals surface area (Å²) in [5.74, 6) is 0.771. The molecule has 0 radical (unpaired) electrons. The number of aliphatic hydroxyl groups is 2. The number of hydrogen-bond donors (Lipinski definition) is 2. The van der Waals surface area contributed by atoms with Crippen LogP contribution in [0.5, 0.6) is 0 Å². The van der Waals surface area contributed by atoms with Gasteiger partial charge in [0.15, 0.2) is 10.8 Å². The number of hydrogen-bond acceptors (Lipinski definition) is 6. The highest BCUT2D eigenvalue weighted by atomic mass is 32.1. The van der Waals surface area contributed by atoms with Crippen molar-refractivity contribution in [3.05, 3.63) is 29.5 Å². The summed E-state index contributed by atoms with van der Waals surface area (Å²) in [5, 5.41) is 21.8. The number of thiazole rings is 1. The van der Waals surface area contributed by atoms with Crippen molar-refractivity contribution in [2.45, 2.75) is 18.8 Å². The molecule has 0 spiro atoms. The second-order valence-corrected chi connectivity index (χ2v) is 5.31. The summed E-state index contributed by atoms with van der Waals surface area (Å²) in [5.41, 5.74) is 0.938. The molecule has 0 saturated carbocycles. The zero-order valence-electron chi connectivity index (χ0n) is 9.69. The Balaban J connectivity index is 1.68. The molecule has 2 aromatic rings. The molecule has 2 N–H and O–H groups in total. The van der Waals surface area contributed by atoms with Gasteiger partial charge in [-0.05, 0) is 12.1 Å². The van der Waals surface area contributed by atoms with Gasteiger partial charge in [-0.25, -0.2) is 4.98 Å². The van der Waals surface area contributed by atoms with Crippen LogP contribution in [0.25, 0.3) is 10.8 Å². The summed E-state index contributed by atoms with van der Waals surface area (Å²) in [6, 6.07) is 3.72. The predicted molar refractivity (Wildman–Crippen MR) is 67.1 cm³/mol. The van der Waals surface area contributed by atoms with Crippen molar-refractivity contribution in [1.82, 2.24) is 9.88 Å². The lowest BCUT2D eigenvalue weighted by atomic mass is 10.3. The summed E-state index contributed by atoms with van der Waals surface area (Å²) in [6.45, 7) is 1.63. The summed E-state index contributed by atoms with van der Waals surface area (Å²) < 4.78 is 5.29. The topological polar surface area (TPSA) is 69.7 Å². The monoisotopic (exact) mass is 266 g/mol. The first-order valence-electron chi connectivity index (χ1n) is 5.79. The zero-order chi connectivity index (χ0) is 12.5. The van der Waals surface area contributed by atoms with Crippen molar-refractivity contribution in [2.75, 3.05) is 13.1 Å². The van der Waals surface area contributed by atoms with Gasteiger partial charge < -0.3 is 14.6 Å². The van der Waals surface area contributed by atoms with Gasteiger partial charge in [0.05, 0.1) is 24.2 Å². The third-order valence-corrected chi connectivity index (χ3v) is 3.91. The average molecular weight is 266 g/mol. The van der Waals surface area contributed by atoms with Crippen molar-refractivity contribution in [2.24, 2.45) is 0 Å². The fourth-order valence-corrected chi connectivity index (χ4v) is 2.88. The normalized spacial score (nSPS) is 24.8. The van der Waals surface area contributed by atoms with Gasteiger partial charge in [0.2, 0.25) is 0 Å². The van der Waals surface area contributed by atoms with E-state index >= 15 is 0 Å². The molecular formula is C12H14N2O3S. The van der Waals surface area contributed by atoms with Gasteiger partial charge in [0.25, 0.3) is 0 Å². The SMILES string of the molecule is O[C@@H]1CN(Cc2csc(-c3ccco3)n2)C[C@@H]1O. The molecule has 96 valence electrons. The Kier molecular flexibility index (Phi) is 3.17. The fraction of sp³-hybridized carbons (Fsp3) is 0.417. The molecule has 3 heterocycles. The minimum Gasteiger partial charge on any atom is -0.462 e. The maximum Gasteiger partial charge on any atom is 0.162 e. The van der Waals surface area contributed by atoms with E-state index in [2.05, 4.69) is 4.98 Å². The Morgan fingerprint density at radius 2 is 2.17 bits per heavy atom. The lowest BCUT2D eigenvalue weighted by molar-refractivity contribution is 0.0572. The van der Waals surface area contributed by atoms with E-state index in [0.29, 0.717) is 19.6 Å². The average Bonchev–Trinajstić information content (AvgIpc) is 3.02. The van der Waals surface area contributed by atoms with Crippen molar-refractivity contribution < 1.29 is 14.6 Å². The molecule has 0 aromatic carbocycles. The van der Waals surface area contributed by atoms with Crippen LogP contribution >= 0.6 is 11.3 Å². The van der Waals surface area contributed by atoms with E-state index in [4.69, 9.17) is 4.42 Å². The Morgan fingerprint density at radius 3 is 2.83 bits per heavy atom. The van der Waals surface area contributed by atoms with Crippen LogP contribution < -0.4 is 0 Å². The molecule has 1 fully saturated rings. The van der Waals surface area contributed by atoms with Crippen LogP contribution in [0, 0.1) is 0 Å². The highest BCUT2D eigenvalue weighted by molar-refractivity contribution is 7.13. The Bertz CT molecular complexity index is 501. The van der Waals surface area contributed by atoms with Gasteiger partial charge in [-0.1, -0.05) is 0 Å². The van der Waals surface area contributed by atoms with Gasteiger partial charge in [0, 0.05) is 25.0 Å². The number of aromatic nitrogens is 1. The Morgan fingerprint density at radius 1 is 1.39 bits per heavy atom. The zero-order valence-corrected chi connectivity index (χ0v) is 10.5. The number of β-amino-alcohol motifs (C(OH)–C–C–N with tert-alkyl or cyclic N) is 2. The Labute approximate surface area is 108 Å². The molecule has 0 bridgehead atoms. The summed E-state index contributed by atoms with van der Waals surface area (Å²) in [7, 11) is 0. The van der Waals surface area contributed by atoms with E-state index in [1.54, 1.807) is 6.26 Å². The Hall–Kier alpha value is -1.21. The lowest BCUT2D eigenvalue weighted by Crippen LogP contribution is -2.22. The number of rotatable bonds is 3. The van der Waals surface area contributed by atoms with Crippen LogP contribution in [0.3, 0.4) is 0 Å². The van der Waals surface area contributed by atoms with Gasteiger partial charge in [-0.15, -0.1) is 11.3 Å². The van der Waals surface area contributed by atoms with E-state index < -0.39 is 12.2 Å². The molecule has 0 aliphatic carbocycles. The van der Waals surface area contributed by atoms with E-state index in [1.807, 2.05) is 22.4 Å². The first-order chi connectivity index (χ1) is 8.72. The molecule has 5 nitrogen and oxygen atoms in total. The second-order valence-electron chi connectivity index (χ2n) is 4.45. The minimum atomic E-state index is -0.645. The number of likely N-dealkylation sites (tertiary alicyclic amines) is 1. The number of aliphatic hydroxyl groups excluding tert-OH is 2. The van der Waals surface area contributed by atoms with Crippen molar-refractivity contribution in [3.63, 3.8) is 0 Å². The largest absolute Gasteiger partial charge is 0.462 e. The standard InChI is InChI=1S/C12H14N2O3S/c15-9-5-14(6-10(9)16)4-8-7-18-12(13-8)11-2-1-3-17-11/h1-3,7,9-10,15-16H,4-6H2/t9-,10+. The summed E-state index contributed by atoms with van der Waals surface area (Å²) in [4.78, 5) is 6.48. The minimum absolute atomic E-state index is 0.495. The molecule has 2 aromatic heterocycles. The van der Waals surface area contributed by atoms with Crippen molar-refractivity contribution in [3.8, 4) is 10.8 Å². The van der Waals surface area contributed by atoms with E-state index in [1.165, 1.54) is 11.3 Å². The molecular weight excluding hydrogens is 252 g/mol. The third-order valence-electron chi connectivity index (χ3n) is 3.00. The number of nitrogens with zero attached hydrogens (tertiary/aromatic N) is 2. The molecule has 3 rings (SSSR count). The maximum atomic E-state index is 9.48. The van der Waals surface area contributed by atoms with Crippen LogP contribution in [0.15, 0.2) is 28.2 Å². The lowest BCUT2D eigenvalue weighted by Gasteiger charge is -2.12. The van der Waals surface area contributed by atoms with Crippen LogP contribution in [0.1, 0.15) is 5.69 Å². The molecule has 1 aliphatic rings. The summed E-state index contributed by atoms with van der Waals surface area (Å²) in [6.07, 6.45) is 0.338. The third kappa shape index (κ3) is 2.32. The second kappa shape index (κ2) is 4.81. The summed E-state index contributed by atoms with van der Waals surface area (Å²) >= 11 is 1.54. The highest BCUT2D eigenvalue weighted by Crippen LogP contribution is 2.25. The molecule has 1 saturated heterocycles. The van der Waals surface area contributed by atoms with Crippen LogP contribution in [0.4, 0.5) is 0 Å². The van der Waals surface area contributed by atoms with E-state index in [9.17, 15) is 10.2 Å². The van der Waals surface area contributed by atoms with Crippen molar-refractivity contribution >= 4 is 11.3 Å². The highest BCUT2D eigenvalue weighted by Gasteiger charge is 2.29. The molecule has 6 heteroatoms. The number of furan rings is 1. The maximum absolute atomic E-state index is 9.48. The van der Waals surface area contributed by atoms with Gasteiger partial charge in [-0.2, -0.15) is 0 Å². The molecule has 0 amide bonds. The predicted octanol–water partition coefficient (Wildman–Crippen LogP) is 0.940. The quantitative estimate of drug-likeness (QED) is 0.865. The van der Waals surface area contributed by atoms with E-state index in [0.717, 1.165) is 16.5 Å². The van der Waals surface area contributed by atoms with Crippen LogP contribution in [-0.4, -0.2) is 45.4 Å². The first kappa shape index (κ1) is 11.9.